The number of nitrogens with zero attached hydrogens (tertiary/aromatic N) is 2. The van der Waals surface area contributed by atoms with Crippen molar-refractivity contribution in [1.29, 1.82) is 0 Å². The van der Waals surface area contributed by atoms with Crippen LogP contribution in [0.3, 0.4) is 0 Å². The molecule has 1 aliphatic heterocycles. The molecule has 0 radical (unpaired) electrons. The minimum absolute atomic E-state index is 0.154. The summed E-state index contributed by atoms with van der Waals surface area (Å²) in [5.74, 6) is -0.154. The van der Waals surface area contributed by atoms with E-state index in [1.807, 2.05) is 13.1 Å². The summed E-state index contributed by atoms with van der Waals surface area (Å²) in [4.78, 5) is 5.04. The Morgan fingerprint density at radius 2 is 1.90 bits per heavy atom. The van der Waals surface area contributed by atoms with Crippen molar-refractivity contribution in [2.75, 3.05) is 39.8 Å². The fraction of sp³-hybridized carbons (Fsp3) is 0.647. The van der Waals surface area contributed by atoms with Gasteiger partial charge in [-0.25, -0.2) is 4.39 Å². The predicted molar refractivity (Wildman–Crippen MR) is 86.0 cm³/mol. The molecule has 1 N–H and O–H groups in total. The van der Waals surface area contributed by atoms with Gasteiger partial charge >= 0.3 is 0 Å². The summed E-state index contributed by atoms with van der Waals surface area (Å²) >= 11 is 0. The van der Waals surface area contributed by atoms with Crippen molar-refractivity contribution < 1.29 is 4.39 Å². The molecule has 0 amide bonds. The van der Waals surface area contributed by atoms with E-state index in [1.54, 1.807) is 12.1 Å². The van der Waals surface area contributed by atoms with Gasteiger partial charge in [-0.2, -0.15) is 0 Å². The van der Waals surface area contributed by atoms with Crippen LogP contribution >= 0.6 is 0 Å². The van der Waals surface area contributed by atoms with E-state index in [1.165, 1.54) is 6.07 Å². The van der Waals surface area contributed by atoms with Gasteiger partial charge in [0.2, 0.25) is 0 Å². The minimum atomic E-state index is -0.154. The van der Waals surface area contributed by atoms with Crippen molar-refractivity contribution in [2.24, 2.45) is 0 Å². The molecule has 21 heavy (non-hydrogen) atoms. The quantitative estimate of drug-likeness (QED) is 0.869. The maximum atomic E-state index is 13.3. The monoisotopic (exact) mass is 293 g/mol. The highest BCUT2D eigenvalue weighted by Gasteiger charge is 2.19. The number of piperazine rings is 1. The van der Waals surface area contributed by atoms with E-state index in [2.05, 4.69) is 29.0 Å². The van der Waals surface area contributed by atoms with Crippen LogP contribution in [0.25, 0.3) is 0 Å². The van der Waals surface area contributed by atoms with Crippen LogP contribution in [0.1, 0.15) is 31.9 Å². The van der Waals surface area contributed by atoms with Crippen molar-refractivity contribution in [1.82, 2.24) is 15.1 Å². The molecular formula is C17H28FN3. The number of hydrogen-bond acceptors (Lipinski definition) is 3. The van der Waals surface area contributed by atoms with Crippen LogP contribution in [0.5, 0.6) is 0 Å². The standard InChI is InChI=1S/C17H28FN3/c1-14(2)21-11-9-20(10-12-21)8-7-17(19-3)15-5-4-6-16(18)13-15/h4-6,13-14,17,19H,7-12H2,1-3H3. The zero-order valence-corrected chi connectivity index (χ0v) is 13.5. The summed E-state index contributed by atoms with van der Waals surface area (Å²) in [6.45, 7) is 10.2. The highest BCUT2D eigenvalue weighted by Crippen LogP contribution is 2.18. The average Bonchev–Trinajstić information content (AvgIpc) is 2.48. The molecule has 3 nitrogen and oxygen atoms in total. The number of benzene rings is 1. The number of halogens is 1. The molecular weight excluding hydrogens is 265 g/mol. The molecule has 1 fully saturated rings. The molecule has 1 aromatic rings. The number of rotatable bonds is 6. The Morgan fingerprint density at radius 1 is 1.19 bits per heavy atom. The van der Waals surface area contributed by atoms with Crippen molar-refractivity contribution in [3.05, 3.63) is 35.6 Å². The van der Waals surface area contributed by atoms with E-state index >= 15 is 0 Å². The molecule has 0 aromatic heterocycles. The predicted octanol–water partition coefficient (Wildman–Crippen LogP) is 2.50. The van der Waals surface area contributed by atoms with Gasteiger partial charge in [0.15, 0.2) is 0 Å². The second kappa shape index (κ2) is 7.87. The maximum absolute atomic E-state index is 13.3. The van der Waals surface area contributed by atoms with Crippen molar-refractivity contribution in [3.63, 3.8) is 0 Å². The Labute approximate surface area is 128 Å². The Hall–Kier alpha value is -0.970. The van der Waals surface area contributed by atoms with Gasteiger partial charge in [0.05, 0.1) is 0 Å². The third-order valence-corrected chi connectivity index (χ3v) is 4.47. The third kappa shape index (κ3) is 4.77. The summed E-state index contributed by atoms with van der Waals surface area (Å²) in [5.41, 5.74) is 1.04. The normalized spacial score (nSPS) is 19.1. The Balaban J connectivity index is 1.82. The lowest BCUT2D eigenvalue weighted by atomic mass is 10.0. The summed E-state index contributed by atoms with van der Waals surface area (Å²) in [7, 11) is 1.95. The van der Waals surface area contributed by atoms with Gasteiger partial charge in [-0.05, 0) is 45.0 Å². The Bertz CT molecular complexity index is 428. The molecule has 1 unspecified atom stereocenters. The second-order valence-electron chi connectivity index (χ2n) is 6.16. The fourth-order valence-electron chi connectivity index (χ4n) is 3.02. The van der Waals surface area contributed by atoms with Gasteiger partial charge in [0.25, 0.3) is 0 Å². The van der Waals surface area contributed by atoms with Crippen LogP contribution in [-0.2, 0) is 0 Å². The van der Waals surface area contributed by atoms with Crippen molar-refractivity contribution >= 4 is 0 Å². The molecule has 4 heteroatoms. The molecule has 1 aromatic carbocycles. The summed E-state index contributed by atoms with van der Waals surface area (Å²) in [6.07, 6.45) is 1.02. The first-order chi connectivity index (χ1) is 10.1. The number of hydrogen-bond donors (Lipinski definition) is 1. The molecule has 0 bridgehead atoms. The zero-order chi connectivity index (χ0) is 15.2. The zero-order valence-electron chi connectivity index (χ0n) is 13.5. The largest absolute Gasteiger partial charge is 0.313 e. The van der Waals surface area contributed by atoms with E-state index < -0.39 is 0 Å². The summed E-state index contributed by atoms with van der Waals surface area (Å²) < 4.78 is 13.3. The highest BCUT2D eigenvalue weighted by molar-refractivity contribution is 5.20. The third-order valence-electron chi connectivity index (χ3n) is 4.47. The van der Waals surface area contributed by atoms with E-state index in [9.17, 15) is 4.39 Å². The van der Waals surface area contributed by atoms with Crippen molar-refractivity contribution in [3.8, 4) is 0 Å². The lowest BCUT2D eigenvalue weighted by Crippen LogP contribution is -2.49. The molecule has 0 spiro atoms. The first-order valence-electron chi connectivity index (χ1n) is 7.99. The lowest BCUT2D eigenvalue weighted by molar-refractivity contribution is 0.105. The summed E-state index contributed by atoms with van der Waals surface area (Å²) in [6, 6.07) is 7.80. The topological polar surface area (TPSA) is 18.5 Å². The first kappa shape index (κ1) is 16.4. The van der Waals surface area contributed by atoms with E-state index in [0.29, 0.717) is 6.04 Å². The van der Waals surface area contributed by atoms with Gasteiger partial charge in [-0.15, -0.1) is 0 Å². The molecule has 1 heterocycles. The average molecular weight is 293 g/mol. The Morgan fingerprint density at radius 3 is 2.48 bits per heavy atom. The van der Waals surface area contributed by atoms with Gasteiger partial charge in [0.1, 0.15) is 5.82 Å². The van der Waals surface area contributed by atoms with Gasteiger partial charge < -0.3 is 10.2 Å². The second-order valence-corrected chi connectivity index (χ2v) is 6.16. The van der Waals surface area contributed by atoms with Crippen LogP contribution < -0.4 is 5.32 Å². The molecule has 0 saturated carbocycles. The minimum Gasteiger partial charge on any atom is -0.313 e. The van der Waals surface area contributed by atoms with Crippen molar-refractivity contribution in [2.45, 2.75) is 32.4 Å². The van der Waals surface area contributed by atoms with Crippen LogP contribution in [0, 0.1) is 5.82 Å². The SMILES string of the molecule is CNC(CCN1CCN(C(C)C)CC1)c1cccc(F)c1. The molecule has 118 valence electrons. The Kier molecular flexibility index (Phi) is 6.15. The fourth-order valence-corrected chi connectivity index (χ4v) is 3.02. The smallest absolute Gasteiger partial charge is 0.123 e. The van der Waals surface area contributed by atoms with Crippen LogP contribution in [0.4, 0.5) is 4.39 Å². The highest BCUT2D eigenvalue weighted by atomic mass is 19.1. The first-order valence-corrected chi connectivity index (χ1v) is 7.99. The molecule has 2 rings (SSSR count). The van der Waals surface area contributed by atoms with Gasteiger partial charge in [0, 0.05) is 44.8 Å². The van der Waals surface area contributed by atoms with Crippen LogP contribution in [0.2, 0.25) is 0 Å². The molecule has 1 saturated heterocycles. The number of nitrogens with one attached hydrogen (secondary N) is 1. The van der Waals surface area contributed by atoms with E-state index in [0.717, 1.165) is 44.7 Å². The maximum Gasteiger partial charge on any atom is 0.123 e. The van der Waals surface area contributed by atoms with Crippen LogP contribution in [0.15, 0.2) is 24.3 Å². The van der Waals surface area contributed by atoms with Gasteiger partial charge in [-0.1, -0.05) is 12.1 Å². The summed E-state index contributed by atoms with van der Waals surface area (Å²) in [5, 5.41) is 3.31. The van der Waals surface area contributed by atoms with E-state index in [-0.39, 0.29) is 11.9 Å². The van der Waals surface area contributed by atoms with E-state index in [4.69, 9.17) is 0 Å². The van der Waals surface area contributed by atoms with Crippen LogP contribution in [-0.4, -0.2) is 55.6 Å². The van der Waals surface area contributed by atoms with Gasteiger partial charge in [-0.3, -0.25) is 4.90 Å². The molecule has 1 aliphatic rings. The molecule has 1 atom stereocenters. The lowest BCUT2D eigenvalue weighted by Gasteiger charge is -2.37. The molecule has 0 aliphatic carbocycles.